The summed E-state index contributed by atoms with van der Waals surface area (Å²) in [5.41, 5.74) is 1.96. The minimum Gasteiger partial charge on any atom is -0.295 e. The van der Waals surface area contributed by atoms with Gasteiger partial charge in [-0.15, -0.1) is 11.8 Å². The first-order valence-electron chi connectivity index (χ1n) is 7.49. The molecular weight excluding hydrogens is 324 g/mol. The van der Waals surface area contributed by atoms with Gasteiger partial charge in [0.1, 0.15) is 0 Å². The van der Waals surface area contributed by atoms with Crippen LogP contribution >= 0.6 is 23.4 Å². The second kappa shape index (κ2) is 8.30. The molecule has 0 N–H and O–H groups in total. The number of thioether (sulfide) groups is 1. The highest BCUT2D eigenvalue weighted by molar-refractivity contribution is 7.99. The number of rotatable bonds is 2. The maximum atomic E-state index is 11.6. The predicted molar refractivity (Wildman–Crippen MR) is 99.5 cm³/mol. The normalized spacial score (nSPS) is 15.8. The largest absolute Gasteiger partial charge is 0.295 e. The van der Waals surface area contributed by atoms with E-state index in [1.165, 1.54) is 0 Å². The minimum atomic E-state index is 0.0348. The van der Waals surface area contributed by atoms with Crippen LogP contribution in [0, 0.1) is 29.1 Å². The van der Waals surface area contributed by atoms with Crippen LogP contribution in [0.2, 0.25) is 5.02 Å². The molecule has 0 fully saturated rings. The Morgan fingerprint density at radius 2 is 1.74 bits per heavy atom. The molecule has 2 rings (SSSR count). The standard InChI is InChI=1S/C20H19ClOS/c1-20(2)14-17(13-19(22)15-20)6-4-12-23-11-3-5-16-7-9-18(21)10-8-16/h7-10,13H,11-12,14-15H2,1-2H3. The Labute approximate surface area is 147 Å². The van der Waals surface area contributed by atoms with Crippen LogP contribution in [0.15, 0.2) is 35.9 Å². The maximum Gasteiger partial charge on any atom is 0.157 e. The van der Waals surface area contributed by atoms with Gasteiger partial charge in [0.25, 0.3) is 0 Å². The van der Waals surface area contributed by atoms with E-state index in [-0.39, 0.29) is 11.2 Å². The van der Waals surface area contributed by atoms with Crippen molar-refractivity contribution in [2.24, 2.45) is 5.41 Å². The Morgan fingerprint density at radius 1 is 1.09 bits per heavy atom. The first-order valence-corrected chi connectivity index (χ1v) is 9.02. The molecule has 23 heavy (non-hydrogen) atoms. The van der Waals surface area contributed by atoms with Gasteiger partial charge in [-0.1, -0.05) is 49.1 Å². The molecule has 0 aliphatic heterocycles. The smallest absolute Gasteiger partial charge is 0.157 e. The SMILES string of the molecule is CC1(C)CC(=O)C=C(C#CCSCC#Cc2ccc(Cl)cc2)C1. The molecule has 1 aliphatic rings. The van der Waals surface area contributed by atoms with E-state index >= 15 is 0 Å². The highest BCUT2D eigenvalue weighted by atomic mass is 35.5. The Balaban J connectivity index is 1.76. The molecule has 1 aromatic rings. The summed E-state index contributed by atoms with van der Waals surface area (Å²) in [6.07, 6.45) is 3.20. The van der Waals surface area contributed by atoms with E-state index in [0.29, 0.717) is 6.42 Å². The highest BCUT2D eigenvalue weighted by Gasteiger charge is 2.26. The molecule has 0 saturated heterocycles. The van der Waals surface area contributed by atoms with Crippen molar-refractivity contribution in [3.63, 3.8) is 0 Å². The molecule has 0 amide bonds. The van der Waals surface area contributed by atoms with Gasteiger partial charge in [-0.2, -0.15) is 0 Å². The summed E-state index contributed by atoms with van der Waals surface area (Å²) >= 11 is 7.51. The van der Waals surface area contributed by atoms with Gasteiger partial charge in [-0.05, 0) is 42.2 Å². The zero-order valence-electron chi connectivity index (χ0n) is 13.4. The van der Waals surface area contributed by atoms with Gasteiger partial charge >= 0.3 is 0 Å². The predicted octanol–water partition coefficient (Wildman–Crippen LogP) is 4.74. The van der Waals surface area contributed by atoms with Crippen LogP contribution in [0.4, 0.5) is 0 Å². The van der Waals surface area contributed by atoms with Gasteiger partial charge in [0.05, 0.1) is 11.5 Å². The van der Waals surface area contributed by atoms with Gasteiger partial charge in [-0.25, -0.2) is 0 Å². The number of allylic oxidation sites excluding steroid dienone is 2. The average Bonchev–Trinajstić information content (AvgIpc) is 2.46. The molecule has 0 bridgehead atoms. The van der Waals surface area contributed by atoms with Crippen molar-refractivity contribution >= 4 is 29.1 Å². The van der Waals surface area contributed by atoms with Crippen molar-refractivity contribution in [2.75, 3.05) is 11.5 Å². The fourth-order valence-corrected chi connectivity index (χ4v) is 2.98. The molecule has 0 saturated carbocycles. The van der Waals surface area contributed by atoms with E-state index in [1.54, 1.807) is 17.8 Å². The van der Waals surface area contributed by atoms with Crippen molar-refractivity contribution in [1.29, 1.82) is 0 Å². The molecule has 0 atom stereocenters. The van der Waals surface area contributed by atoms with Crippen molar-refractivity contribution in [1.82, 2.24) is 0 Å². The Hall–Kier alpha value is -1.61. The molecule has 1 nitrogen and oxygen atoms in total. The first-order chi connectivity index (χ1) is 10.9. The highest BCUT2D eigenvalue weighted by Crippen LogP contribution is 2.33. The topological polar surface area (TPSA) is 17.1 Å². The van der Waals surface area contributed by atoms with E-state index in [4.69, 9.17) is 11.6 Å². The van der Waals surface area contributed by atoms with Crippen molar-refractivity contribution < 1.29 is 4.79 Å². The summed E-state index contributed by atoms with van der Waals surface area (Å²) in [4.78, 5) is 11.6. The van der Waals surface area contributed by atoms with Crippen molar-refractivity contribution in [3.8, 4) is 23.7 Å². The molecule has 0 radical (unpaired) electrons. The van der Waals surface area contributed by atoms with Crippen LogP contribution in [0.5, 0.6) is 0 Å². The number of carbonyl (C=O) groups excluding carboxylic acids is 1. The van der Waals surface area contributed by atoms with Crippen molar-refractivity contribution in [3.05, 3.63) is 46.5 Å². The lowest BCUT2D eigenvalue weighted by atomic mass is 9.77. The summed E-state index contributed by atoms with van der Waals surface area (Å²) < 4.78 is 0. The van der Waals surface area contributed by atoms with Crippen LogP contribution < -0.4 is 0 Å². The van der Waals surface area contributed by atoms with E-state index in [2.05, 4.69) is 37.5 Å². The third kappa shape index (κ3) is 6.57. The lowest BCUT2D eigenvalue weighted by Gasteiger charge is -2.26. The average molecular weight is 343 g/mol. The summed E-state index contributed by atoms with van der Waals surface area (Å²) in [5, 5.41) is 0.721. The third-order valence-corrected chi connectivity index (χ3v) is 4.28. The second-order valence-electron chi connectivity index (χ2n) is 6.26. The Kier molecular flexibility index (Phi) is 6.40. The number of hydrogen-bond acceptors (Lipinski definition) is 2. The van der Waals surface area contributed by atoms with E-state index in [1.807, 2.05) is 24.3 Å². The molecule has 1 aliphatic carbocycles. The number of ketones is 1. The second-order valence-corrected chi connectivity index (χ2v) is 7.68. The molecule has 1 aromatic carbocycles. The lowest BCUT2D eigenvalue weighted by molar-refractivity contribution is -0.116. The number of halogens is 1. The Bertz CT molecular complexity index is 721. The summed E-state index contributed by atoms with van der Waals surface area (Å²) in [6, 6.07) is 7.50. The zero-order chi connectivity index (χ0) is 16.7. The number of benzene rings is 1. The molecule has 0 unspecified atom stereocenters. The minimum absolute atomic E-state index is 0.0348. The number of carbonyl (C=O) groups is 1. The zero-order valence-corrected chi connectivity index (χ0v) is 15.0. The van der Waals surface area contributed by atoms with Gasteiger partial charge < -0.3 is 0 Å². The van der Waals surface area contributed by atoms with Crippen LogP contribution in [-0.4, -0.2) is 17.3 Å². The van der Waals surface area contributed by atoms with Gasteiger partial charge in [0, 0.05) is 22.6 Å². The van der Waals surface area contributed by atoms with Crippen LogP contribution in [0.25, 0.3) is 0 Å². The first kappa shape index (κ1) is 17.7. The van der Waals surface area contributed by atoms with E-state index < -0.39 is 0 Å². The molecule has 0 heterocycles. The van der Waals surface area contributed by atoms with Gasteiger partial charge in [0.2, 0.25) is 0 Å². The fraction of sp³-hybridized carbons (Fsp3) is 0.350. The van der Waals surface area contributed by atoms with Crippen LogP contribution in [0.3, 0.4) is 0 Å². The van der Waals surface area contributed by atoms with Crippen LogP contribution in [-0.2, 0) is 4.79 Å². The molecule has 118 valence electrons. The van der Waals surface area contributed by atoms with Gasteiger partial charge in [0.15, 0.2) is 5.78 Å². The van der Waals surface area contributed by atoms with E-state index in [9.17, 15) is 4.79 Å². The Morgan fingerprint density at radius 3 is 2.39 bits per heavy atom. The third-order valence-electron chi connectivity index (χ3n) is 3.33. The van der Waals surface area contributed by atoms with Gasteiger partial charge in [-0.3, -0.25) is 4.79 Å². The molecular formula is C20H19ClOS. The van der Waals surface area contributed by atoms with Crippen LogP contribution in [0.1, 0.15) is 32.3 Å². The molecule has 0 aromatic heterocycles. The summed E-state index contributed by atoms with van der Waals surface area (Å²) in [7, 11) is 0. The fourth-order valence-electron chi connectivity index (χ4n) is 2.40. The quantitative estimate of drug-likeness (QED) is 0.570. The summed E-state index contributed by atoms with van der Waals surface area (Å²) in [5.74, 6) is 14.1. The summed E-state index contributed by atoms with van der Waals surface area (Å²) in [6.45, 7) is 4.22. The molecule has 0 spiro atoms. The lowest BCUT2D eigenvalue weighted by Crippen LogP contribution is -2.21. The molecule has 3 heteroatoms. The maximum absolute atomic E-state index is 11.6. The van der Waals surface area contributed by atoms with Crippen molar-refractivity contribution in [2.45, 2.75) is 26.7 Å². The number of hydrogen-bond donors (Lipinski definition) is 0. The monoisotopic (exact) mass is 342 g/mol. The van der Waals surface area contributed by atoms with E-state index in [0.717, 1.165) is 34.1 Å².